The molecule has 0 unspecified atom stereocenters. The van der Waals surface area contributed by atoms with Gasteiger partial charge in [0.1, 0.15) is 0 Å². The van der Waals surface area contributed by atoms with E-state index in [0.717, 1.165) is 45.0 Å². The highest BCUT2D eigenvalue weighted by Gasteiger charge is 2.17. The third-order valence-corrected chi connectivity index (χ3v) is 10.9. The predicted octanol–water partition coefficient (Wildman–Crippen LogP) is 13.8. The van der Waals surface area contributed by atoms with Crippen LogP contribution in [0.25, 0.3) is 94.3 Å². The van der Waals surface area contributed by atoms with Gasteiger partial charge < -0.3 is 9.13 Å². The van der Waals surface area contributed by atoms with Gasteiger partial charge >= 0.3 is 0 Å². The van der Waals surface area contributed by atoms with Gasteiger partial charge in [-0.1, -0.05) is 146 Å². The van der Waals surface area contributed by atoms with Crippen LogP contribution in [0.4, 0.5) is 0 Å². The third kappa shape index (κ3) is 6.05. The maximum absolute atomic E-state index is 5.06. The second-order valence-electron chi connectivity index (χ2n) is 14.3. The molecule has 7 aromatic carbocycles. The van der Waals surface area contributed by atoms with Crippen molar-refractivity contribution in [3.63, 3.8) is 0 Å². The molecule has 0 aliphatic carbocycles. The van der Waals surface area contributed by atoms with Crippen molar-refractivity contribution in [2.75, 3.05) is 0 Å². The summed E-state index contributed by atoms with van der Waals surface area (Å²) in [6.45, 7) is 5.87. The Morgan fingerprint density at radius 1 is 0.456 bits per heavy atom. The van der Waals surface area contributed by atoms with Gasteiger partial charge in [-0.15, -0.1) is 0 Å². The lowest BCUT2D eigenvalue weighted by Crippen LogP contribution is -1.98. The second-order valence-corrected chi connectivity index (χ2v) is 14.3. The summed E-state index contributed by atoms with van der Waals surface area (Å²) in [5.41, 5.74) is 14.2. The number of aromatic nitrogens is 4. The Bertz CT molecular complexity index is 3180. The Morgan fingerprint density at radius 3 is 1.75 bits per heavy atom. The van der Waals surface area contributed by atoms with Crippen LogP contribution in [-0.4, -0.2) is 19.1 Å². The summed E-state index contributed by atoms with van der Waals surface area (Å²) in [5, 5.41) is 4.95. The molecular formula is C53H38N4. The first-order valence-corrected chi connectivity index (χ1v) is 19.3. The molecule has 0 amide bonds. The normalized spacial score (nSPS) is 12.1. The van der Waals surface area contributed by atoms with Crippen LogP contribution in [-0.2, 0) is 0 Å². The number of benzene rings is 7. The summed E-state index contributed by atoms with van der Waals surface area (Å²) in [6.07, 6.45) is 7.74. The largest absolute Gasteiger partial charge is 0.309 e. The SMILES string of the molecule is C=C/C=C\C=C(/C)c1cc(-c2ccc(-n3c4ccccc4c4cc(-c5ccc6c7ccccc7n(-c7ccccc7)c6c5)ccc43)cc2)nc(-c2ccccc2)n1. The van der Waals surface area contributed by atoms with E-state index in [9.17, 15) is 0 Å². The quantitative estimate of drug-likeness (QED) is 0.146. The van der Waals surface area contributed by atoms with Gasteiger partial charge in [-0.05, 0) is 84.3 Å². The minimum absolute atomic E-state index is 0.700. The van der Waals surface area contributed by atoms with Gasteiger partial charge in [0.25, 0.3) is 0 Å². The van der Waals surface area contributed by atoms with Crippen LogP contribution in [0.1, 0.15) is 12.6 Å². The first-order chi connectivity index (χ1) is 28.1. The molecule has 0 saturated heterocycles. The summed E-state index contributed by atoms with van der Waals surface area (Å²) in [4.78, 5) is 10.0. The molecule has 270 valence electrons. The number of hydrogen-bond donors (Lipinski definition) is 0. The summed E-state index contributed by atoms with van der Waals surface area (Å²) in [7, 11) is 0. The molecule has 0 saturated carbocycles. The lowest BCUT2D eigenvalue weighted by Gasteiger charge is -2.12. The van der Waals surface area contributed by atoms with Crippen LogP contribution in [0.15, 0.2) is 207 Å². The highest BCUT2D eigenvalue weighted by Crippen LogP contribution is 2.38. The molecule has 4 heteroatoms. The Hall–Kier alpha value is -7.56. The maximum Gasteiger partial charge on any atom is 0.160 e. The van der Waals surface area contributed by atoms with E-state index in [1.165, 1.54) is 49.2 Å². The Balaban J connectivity index is 1.07. The number of rotatable bonds is 8. The smallest absolute Gasteiger partial charge is 0.160 e. The maximum atomic E-state index is 5.06. The number of fused-ring (bicyclic) bond motifs is 6. The third-order valence-electron chi connectivity index (χ3n) is 10.9. The van der Waals surface area contributed by atoms with E-state index in [-0.39, 0.29) is 0 Å². The molecule has 10 rings (SSSR count). The molecule has 0 aliphatic rings. The Morgan fingerprint density at radius 2 is 1.02 bits per heavy atom. The fraction of sp³-hybridized carbons (Fsp3) is 0.0189. The van der Waals surface area contributed by atoms with Crippen molar-refractivity contribution in [3.8, 4) is 45.1 Å². The molecule has 0 bridgehead atoms. The molecule has 0 aliphatic heterocycles. The first-order valence-electron chi connectivity index (χ1n) is 19.3. The Labute approximate surface area is 331 Å². The number of nitrogens with zero attached hydrogens (tertiary/aromatic N) is 4. The number of para-hydroxylation sites is 3. The fourth-order valence-electron chi connectivity index (χ4n) is 8.09. The van der Waals surface area contributed by atoms with Crippen molar-refractivity contribution >= 4 is 49.2 Å². The zero-order valence-corrected chi connectivity index (χ0v) is 31.5. The van der Waals surface area contributed by atoms with Gasteiger partial charge in [0.2, 0.25) is 0 Å². The van der Waals surface area contributed by atoms with Gasteiger partial charge in [-0.2, -0.15) is 0 Å². The average Bonchev–Trinajstić information content (AvgIpc) is 3.79. The molecule has 3 aromatic heterocycles. The first kappa shape index (κ1) is 34.0. The predicted molar refractivity (Wildman–Crippen MR) is 240 cm³/mol. The van der Waals surface area contributed by atoms with Crippen molar-refractivity contribution in [2.24, 2.45) is 0 Å². The van der Waals surface area contributed by atoms with Crippen molar-refractivity contribution < 1.29 is 0 Å². The van der Waals surface area contributed by atoms with Gasteiger partial charge in [-0.25, -0.2) is 9.97 Å². The minimum atomic E-state index is 0.700. The highest BCUT2D eigenvalue weighted by atomic mass is 15.0. The molecule has 3 heterocycles. The molecule has 0 N–H and O–H groups in total. The Kier molecular flexibility index (Phi) is 8.50. The lowest BCUT2D eigenvalue weighted by molar-refractivity contribution is 1.15. The number of hydrogen-bond acceptors (Lipinski definition) is 2. The van der Waals surface area contributed by atoms with Crippen molar-refractivity contribution in [1.82, 2.24) is 19.1 Å². The van der Waals surface area contributed by atoms with Crippen LogP contribution in [0, 0.1) is 0 Å². The van der Waals surface area contributed by atoms with Crippen LogP contribution >= 0.6 is 0 Å². The molecule has 0 radical (unpaired) electrons. The van der Waals surface area contributed by atoms with Crippen LogP contribution in [0.3, 0.4) is 0 Å². The monoisotopic (exact) mass is 730 g/mol. The molecule has 0 atom stereocenters. The standard InChI is InChI=1S/C53H38N4/c1-3-4-7-16-36(2)47-35-48(55-53(54-47)38-17-8-5-9-18-38)37-25-29-42(30-26-37)56-50-24-15-13-22-44(50)46-33-39(28-32-51(46)56)40-27-31-45-43-21-12-14-23-49(43)57(52(45)34-40)41-19-10-6-11-20-41/h3-35H,1H2,2H3/b7-4-,36-16+. The lowest BCUT2D eigenvalue weighted by atomic mass is 10.0. The van der Waals surface area contributed by atoms with Gasteiger partial charge in [0.05, 0.1) is 33.5 Å². The molecule has 10 aromatic rings. The molecule has 0 spiro atoms. The zero-order valence-electron chi connectivity index (χ0n) is 31.5. The fourth-order valence-corrected chi connectivity index (χ4v) is 8.09. The highest BCUT2D eigenvalue weighted by molar-refractivity contribution is 6.12. The van der Waals surface area contributed by atoms with Gasteiger partial charge in [0.15, 0.2) is 5.82 Å². The van der Waals surface area contributed by atoms with E-state index >= 15 is 0 Å². The van der Waals surface area contributed by atoms with E-state index in [1.54, 1.807) is 6.08 Å². The van der Waals surface area contributed by atoms with Gasteiger partial charge in [0, 0.05) is 44.0 Å². The van der Waals surface area contributed by atoms with E-state index in [4.69, 9.17) is 9.97 Å². The summed E-state index contributed by atoms with van der Waals surface area (Å²) in [5.74, 6) is 0.700. The molecular weight excluding hydrogens is 693 g/mol. The van der Waals surface area contributed by atoms with Crippen LogP contribution < -0.4 is 0 Å². The second kappa shape index (κ2) is 14.3. The number of allylic oxidation sites excluding steroid dienone is 5. The zero-order chi connectivity index (χ0) is 38.3. The summed E-state index contributed by atoms with van der Waals surface area (Å²) in [6, 6.07) is 62.8. The van der Waals surface area contributed by atoms with Crippen molar-refractivity contribution in [2.45, 2.75) is 6.92 Å². The molecule has 4 nitrogen and oxygen atoms in total. The van der Waals surface area contributed by atoms with Crippen LogP contribution in [0.2, 0.25) is 0 Å². The molecule has 0 fully saturated rings. The van der Waals surface area contributed by atoms with Crippen molar-refractivity contribution in [3.05, 3.63) is 213 Å². The van der Waals surface area contributed by atoms with E-state index in [1.807, 2.05) is 30.4 Å². The topological polar surface area (TPSA) is 35.6 Å². The van der Waals surface area contributed by atoms with Crippen molar-refractivity contribution in [1.29, 1.82) is 0 Å². The molecule has 57 heavy (non-hydrogen) atoms. The van der Waals surface area contributed by atoms with Gasteiger partial charge in [-0.3, -0.25) is 0 Å². The minimum Gasteiger partial charge on any atom is -0.309 e. The van der Waals surface area contributed by atoms with E-state index in [2.05, 4.69) is 186 Å². The van der Waals surface area contributed by atoms with E-state index in [0.29, 0.717) is 5.82 Å². The average molecular weight is 731 g/mol. The summed E-state index contributed by atoms with van der Waals surface area (Å²) < 4.78 is 4.75. The van der Waals surface area contributed by atoms with Crippen LogP contribution in [0.5, 0.6) is 0 Å². The van der Waals surface area contributed by atoms with E-state index < -0.39 is 0 Å². The summed E-state index contributed by atoms with van der Waals surface area (Å²) >= 11 is 0.